The molecule has 1 N–H and O–H groups in total. The van der Waals surface area contributed by atoms with E-state index in [9.17, 15) is 8.42 Å². The molecule has 0 spiro atoms. The van der Waals surface area contributed by atoms with Crippen LogP contribution in [0.5, 0.6) is 0 Å². The van der Waals surface area contributed by atoms with E-state index in [0.717, 1.165) is 0 Å². The maximum Gasteiger partial charge on any atom is 0.233 e. The van der Waals surface area contributed by atoms with Crippen molar-refractivity contribution in [2.24, 2.45) is 5.92 Å². The van der Waals surface area contributed by atoms with Crippen LogP contribution in [-0.2, 0) is 10.0 Å². The number of aromatic nitrogens is 1. The Bertz CT molecular complexity index is 448. The summed E-state index contributed by atoms with van der Waals surface area (Å²) in [7, 11) is -3.34. The fourth-order valence-corrected chi connectivity index (χ4v) is 2.96. The molecule has 1 aromatic heterocycles. The first-order valence-corrected chi connectivity index (χ1v) is 7.11. The van der Waals surface area contributed by atoms with Crippen molar-refractivity contribution in [2.75, 3.05) is 16.4 Å². The van der Waals surface area contributed by atoms with Crippen molar-refractivity contribution in [2.45, 2.75) is 13.8 Å². The summed E-state index contributed by atoms with van der Waals surface area (Å²) in [5, 5.41) is 0. The summed E-state index contributed by atoms with van der Waals surface area (Å²) >= 11 is 5.59. The Kier molecular flexibility index (Phi) is 4.56. The molecule has 0 aliphatic carbocycles. The number of aryl methyl sites for hydroxylation is 1. The molecule has 16 heavy (non-hydrogen) atoms. The molecule has 1 aromatic rings. The third-order valence-corrected chi connectivity index (χ3v) is 4.11. The number of hydrogen-bond donors (Lipinski definition) is 1. The van der Waals surface area contributed by atoms with Crippen molar-refractivity contribution in [3.63, 3.8) is 0 Å². The van der Waals surface area contributed by atoms with Gasteiger partial charge in [0.1, 0.15) is 0 Å². The number of halogens is 1. The third-order valence-electron chi connectivity index (χ3n) is 2.04. The van der Waals surface area contributed by atoms with Gasteiger partial charge in [0, 0.05) is 12.1 Å². The largest absolute Gasteiger partial charge is 0.282 e. The van der Waals surface area contributed by atoms with Crippen molar-refractivity contribution >= 4 is 27.3 Å². The zero-order valence-corrected chi connectivity index (χ0v) is 10.8. The summed E-state index contributed by atoms with van der Waals surface area (Å²) in [5.41, 5.74) is 1.17. The molecule has 1 unspecified atom stereocenters. The second-order valence-corrected chi connectivity index (χ2v) is 5.85. The van der Waals surface area contributed by atoms with E-state index in [2.05, 4.69) is 9.71 Å². The predicted octanol–water partition coefficient (Wildman–Crippen LogP) is 2.01. The van der Waals surface area contributed by atoms with E-state index in [0.29, 0.717) is 17.3 Å². The topological polar surface area (TPSA) is 59.1 Å². The molecule has 0 aliphatic rings. The molecule has 0 aromatic carbocycles. The lowest BCUT2D eigenvalue weighted by Gasteiger charge is -2.12. The SMILES string of the molecule is Cc1ncccc1NS(=O)(=O)CC(C)CCl. The van der Waals surface area contributed by atoms with Crippen molar-refractivity contribution in [1.82, 2.24) is 4.98 Å². The maximum absolute atomic E-state index is 11.7. The number of nitrogens with one attached hydrogen (secondary N) is 1. The monoisotopic (exact) mass is 262 g/mol. The van der Waals surface area contributed by atoms with Crippen LogP contribution >= 0.6 is 11.6 Å². The van der Waals surface area contributed by atoms with Crippen molar-refractivity contribution < 1.29 is 8.42 Å². The Morgan fingerprint density at radius 3 is 2.81 bits per heavy atom. The number of sulfonamides is 1. The van der Waals surface area contributed by atoms with Gasteiger partial charge in [0.15, 0.2) is 0 Å². The minimum atomic E-state index is -3.34. The van der Waals surface area contributed by atoms with Crippen LogP contribution in [0.3, 0.4) is 0 Å². The van der Waals surface area contributed by atoms with Crippen molar-refractivity contribution in [1.29, 1.82) is 0 Å². The number of anilines is 1. The minimum Gasteiger partial charge on any atom is -0.282 e. The van der Waals surface area contributed by atoms with Gasteiger partial charge in [-0.3, -0.25) is 9.71 Å². The van der Waals surface area contributed by atoms with Crippen LogP contribution in [0.25, 0.3) is 0 Å². The minimum absolute atomic E-state index is 0.0187. The molecular weight excluding hydrogens is 248 g/mol. The van der Waals surface area contributed by atoms with Gasteiger partial charge in [-0.15, -0.1) is 11.6 Å². The molecule has 0 saturated heterocycles. The zero-order valence-electron chi connectivity index (χ0n) is 9.27. The van der Waals surface area contributed by atoms with Gasteiger partial charge < -0.3 is 0 Å². The first kappa shape index (κ1) is 13.3. The second kappa shape index (κ2) is 5.50. The Labute approximate surface area is 101 Å². The summed E-state index contributed by atoms with van der Waals surface area (Å²) in [6, 6.07) is 3.38. The van der Waals surface area contributed by atoms with E-state index >= 15 is 0 Å². The van der Waals surface area contributed by atoms with Crippen LogP contribution in [0, 0.1) is 12.8 Å². The maximum atomic E-state index is 11.7. The second-order valence-electron chi connectivity index (χ2n) is 3.78. The lowest BCUT2D eigenvalue weighted by atomic mass is 10.3. The molecule has 1 atom stereocenters. The fourth-order valence-electron chi connectivity index (χ4n) is 1.22. The van der Waals surface area contributed by atoms with Crippen LogP contribution in [0.2, 0.25) is 0 Å². The number of alkyl halides is 1. The molecule has 6 heteroatoms. The number of rotatable bonds is 5. The zero-order chi connectivity index (χ0) is 12.2. The van der Waals surface area contributed by atoms with Gasteiger partial charge in [-0.25, -0.2) is 8.42 Å². The Morgan fingerprint density at radius 1 is 1.56 bits per heavy atom. The van der Waals surface area contributed by atoms with E-state index in [1.165, 1.54) is 0 Å². The van der Waals surface area contributed by atoms with E-state index in [1.54, 1.807) is 32.2 Å². The lowest BCUT2D eigenvalue weighted by molar-refractivity contribution is 0.588. The van der Waals surface area contributed by atoms with Gasteiger partial charge in [-0.2, -0.15) is 0 Å². The molecule has 0 aliphatic heterocycles. The smallest absolute Gasteiger partial charge is 0.233 e. The standard InChI is InChI=1S/C10H15ClN2O2S/c1-8(6-11)7-16(14,15)13-10-4-3-5-12-9(10)2/h3-5,8,13H,6-7H2,1-2H3. The fraction of sp³-hybridized carbons (Fsp3) is 0.500. The van der Waals surface area contributed by atoms with Crippen LogP contribution in [0.4, 0.5) is 5.69 Å². The molecule has 1 heterocycles. The first-order valence-electron chi connectivity index (χ1n) is 4.92. The molecule has 0 fully saturated rings. The summed E-state index contributed by atoms with van der Waals surface area (Å²) in [6.45, 7) is 3.55. The quantitative estimate of drug-likeness (QED) is 0.826. The predicted molar refractivity (Wildman–Crippen MR) is 66.3 cm³/mol. The molecule has 0 radical (unpaired) electrons. The van der Waals surface area contributed by atoms with Gasteiger partial charge in [0.05, 0.1) is 17.1 Å². The van der Waals surface area contributed by atoms with Crippen LogP contribution in [0.15, 0.2) is 18.3 Å². The van der Waals surface area contributed by atoms with Gasteiger partial charge in [-0.1, -0.05) is 6.92 Å². The highest BCUT2D eigenvalue weighted by atomic mass is 35.5. The van der Waals surface area contributed by atoms with E-state index in [1.807, 2.05) is 0 Å². The summed E-state index contributed by atoms with van der Waals surface area (Å²) in [5.74, 6) is 0.272. The highest BCUT2D eigenvalue weighted by Gasteiger charge is 2.15. The molecule has 0 amide bonds. The van der Waals surface area contributed by atoms with Gasteiger partial charge in [0.2, 0.25) is 10.0 Å². The molecule has 90 valence electrons. The molecule has 0 bridgehead atoms. The van der Waals surface area contributed by atoms with Crippen molar-refractivity contribution in [3.05, 3.63) is 24.0 Å². The molecule has 4 nitrogen and oxygen atoms in total. The normalized spacial score (nSPS) is 13.4. The summed E-state index contributed by atoms with van der Waals surface area (Å²) < 4.78 is 26.0. The third kappa shape index (κ3) is 3.98. The highest BCUT2D eigenvalue weighted by molar-refractivity contribution is 7.92. The average Bonchev–Trinajstić information content (AvgIpc) is 2.20. The highest BCUT2D eigenvalue weighted by Crippen LogP contribution is 2.14. The van der Waals surface area contributed by atoms with E-state index in [4.69, 9.17) is 11.6 Å². The number of pyridine rings is 1. The summed E-state index contributed by atoms with van der Waals surface area (Å²) in [4.78, 5) is 4.01. The van der Waals surface area contributed by atoms with Crippen LogP contribution < -0.4 is 4.72 Å². The van der Waals surface area contributed by atoms with Crippen molar-refractivity contribution in [3.8, 4) is 0 Å². The van der Waals surface area contributed by atoms with Gasteiger partial charge >= 0.3 is 0 Å². The van der Waals surface area contributed by atoms with E-state index in [-0.39, 0.29) is 11.7 Å². The lowest BCUT2D eigenvalue weighted by Crippen LogP contribution is -2.22. The van der Waals surface area contributed by atoms with Crippen LogP contribution in [-0.4, -0.2) is 25.0 Å². The van der Waals surface area contributed by atoms with E-state index < -0.39 is 10.0 Å². The molecular formula is C10H15ClN2O2S. The van der Waals surface area contributed by atoms with Crippen LogP contribution in [0.1, 0.15) is 12.6 Å². The van der Waals surface area contributed by atoms with Gasteiger partial charge in [0.25, 0.3) is 0 Å². The Balaban J connectivity index is 2.77. The molecule has 1 rings (SSSR count). The summed E-state index contributed by atoms with van der Waals surface area (Å²) in [6.07, 6.45) is 1.62. The Morgan fingerprint density at radius 2 is 2.25 bits per heavy atom. The van der Waals surface area contributed by atoms with Gasteiger partial charge in [-0.05, 0) is 25.0 Å². The average molecular weight is 263 g/mol. The first-order chi connectivity index (χ1) is 7.44. The number of nitrogens with zero attached hydrogens (tertiary/aromatic N) is 1. The Hall–Kier alpha value is -0.810. The molecule has 0 saturated carbocycles. The number of hydrogen-bond acceptors (Lipinski definition) is 3.